The highest BCUT2D eigenvalue weighted by Crippen LogP contribution is 2.25. The van der Waals surface area contributed by atoms with Crippen molar-refractivity contribution in [1.82, 2.24) is 4.90 Å². The zero-order chi connectivity index (χ0) is 12.3. The SMILES string of the molecule is C[C@@H]1CCC[C@H](C)N1CCC(N)C(C)(C)C. The highest BCUT2D eigenvalue weighted by atomic mass is 15.2. The minimum atomic E-state index is 0.238. The van der Waals surface area contributed by atoms with E-state index in [0.717, 1.165) is 18.5 Å². The van der Waals surface area contributed by atoms with Crippen molar-refractivity contribution in [2.75, 3.05) is 6.54 Å². The summed E-state index contributed by atoms with van der Waals surface area (Å²) in [5.41, 5.74) is 6.47. The van der Waals surface area contributed by atoms with Gasteiger partial charge in [0.05, 0.1) is 0 Å². The first kappa shape index (κ1) is 14.0. The van der Waals surface area contributed by atoms with Crippen LogP contribution in [-0.4, -0.2) is 29.6 Å². The lowest BCUT2D eigenvalue weighted by molar-refractivity contribution is 0.0938. The molecule has 1 heterocycles. The Morgan fingerprint density at radius 2 is 1.69 bits per heavy atom. The van der Waals surface area contributed by atoms with Crippen molar-refractivity contribution in [3.05, 3.63) is 0 Å². The molecule has 0 bridgehead atoms. The summed E-state index contributed by atoms with van der Waals surface area (Å²) in [5, 5.41) is 0. The van der Waals surface area contributed by atoms with Gasteiger partial charge in [-0.3, -0.25) is 4.90 Å². The normalized spacial score (nSPS) is 30.4. The van der Waals surface area contributed by atoms with Gasteiger partial charge in [-0.25, -0.2) is 0 Å². The van der Waals surface area contributed by atoms with E-state index >= 15 is 0 Å². The third-order valence-electron chi connectivity index (χ3n) is 4.19. The molecule has 0 aromatic rings. The van der Waals surface area contributed by atoms with Gasteiger partial charge in [0.2, 0.25) is 0 Å². The van der Waals surface area contributed by atoms with E-state index in [4.69, 9.17) is 5.73 Å². The molecule has 0 aliphatic carbocycles. The van der Waals surface area contributed by atoms with Gasteiger partial charge in [-0.15, -0.1) is 0 Å². The number of hydrogen-bond donors (Lipinski definition) is 1. The number of nitrogens with two attached hydrogens (primary N) is 1. The molecule has 0 radical (unpaired) electrons. The van der Waals surface area contributed by atoms with Gasteiger partial charge < -0.3 is 5.73 Å². The van der Waals surface area contributed by atoms with Crippen molar-refractivity contribution >= 4 is 0 Å². The second kappa shape index (κ2) is 5.50. The van der Waals surface area contributed by atoms with Crippen molar-refractivity contribution in [2.24, 2.45) is 11.1 Å². The third-order valence-corrected chi connectivity index (χ3v) is 4.19. The maximum absolute atomic E-state index is 6.23. The second-order valence-corrected chi connectivity index (χ2v) is 6.63. The van der Waals surface area contributed by atoms with Crippen LogP contribution in [0, 0.1) is 5.41 Å². The molecule has 1 unspecified atom stereocenters. The van der Waals surface area contributed by atoms with Crippen LogP contribution < -0.4 is 5.73 Å². The van der Waals surface area contributed by atoms with Crippen LogP contribution in [0.25, 0.3) is 0 Å². The molecule has 1 saturated heterocycles. The fourth-order valence-corrected chi connectivity index (χ4v) is 2.64. The van der Waals surface area contributed by atoms with Gasteiger partial charge in [-0.05, 0) is 38.5 Å². The summed E-state index contributed by atoms with van der Waals surface area (Å²) in [5.74, 6) is 0. The summed E-state index contributed by atoms with van der Waals surface area (Å²) in [6.45, 7) is 12.6. The van der Waals surface area contributed by atoms with Gasteiger partial charge in [-0.2, -0.15) is 0 Å². The van der Waals surface area contributed by atoms with Gasteiger partial charge in [0, 0.05) is 24.7 Å². The van der Waals surface area contributed by atoms with E-state index in [0.29, 0.717) is 6.04 Å². The molecule has 1 fully saturated rings. The Labute approximate surface area is 102 Å². The molecule has 1 aliphatic heterocycles. The number of hydrogen-bond acceptors (Lipinski definition) is 2. The molecular weight excluding hydrogens is 196 g/mol. The first-order valence-electron chi connectivity index (χ1n) is 6.83. The Hall–Kier alpha value is -0.0800. The molecule has 2 nitrogen and oxygen atoms in total. The maximum Gasteiger partial charge on any atom is 0.00998 e. The van der Waals surface area contributed by atoms with Crippen LogP contribution in [0.2, 0.25) is 0 Å². The van der Waals surface area contributed by atoms with Crippen LogP contribution in [0.5, 0.6) is 0 Å². The van der Waals surface area contributed by atoms with Crippen molar-refractivity contribution in [2.45, 2.75) is 78.4 Å². The summed E-state index contributed by atoms with van der Waals surface area (Å²) in [6, 6.07) is 1.81. The number of nitrogens with zero attached hydrogens (tertiary/aromatic N) is 1. The van der Waals surface area contributed by atoms with Gasteiger partial charge in [0.25, 0.3) is 0 Å². The molecule has 3 atom stereocenters. The minimum Gasteiger partial charge on any atom is -0.327 e. The predicted molar refractivity (Wildman–Crippen MR) is 71.5 cm³/mol. The molecule has 0 spiro atoms. The van der Waals surface area contributed by atoms with Crippen LogP contribution in [0.4, 0.5) is 0 Å². The highest BCUT2D eigenvalue weighted by Gasteiger charge is 2.26. The minimum absolute atomic E-state index is 0.238. The Morgan fingerprint density at radius 3 is 2.12 bits per heavy atom. The number of piperidine rings is 1. The van der Waals surface area contributed by atoms with E-state index in [1.54, 1.807) is 0 Å². The Bertz CT molecular complexity index is 197. The molecule has 0 aromatic carbocycles. The zero-order valence-corrected chi connectivity index (χ0v) is 11.8. The lowest BCUT2D eigenvalue weighted by Crippen LogP contribution is -2.47. The second-order valence-electron chi connectivity index (χ2n) is 6.63. The smallest absolute Gasteiger partial charge is 0.00998 e. The standard InChI is InChI=1S/C14H30N2/c1-11-7-6-8-12(2)16(11)10-9-13(15)14(3,4)5/h11-13H,6-10,15H2,1-5H3/t11-,12+,13?. The first-order valence-corrected chi connectivity index (χ1v) is 6.83. The molecule has 0 aromatic heterocycles. The predicted octanol–water partition coefficient (Wildman–Crippen LogP) is 3.01. The number of rotatable bonds is 3. The van der Waals surface area contributed by atoms with E-state index in [1.807, 2.05) is 0 Å². The first-order chi connectivity index (χ1) is 7.32. The van der Waals surface area contributed by atoms with E-state index in [9.17, 15) is 0 Å². The summed E-state index contributed by atoms with van der Waals surface area (Å²) in [4.78, 5) is 2.65. The monoisotopic (exact) mass is 226 g/mol. The summed E-state index contributed by atoms with van der Waals surface area (Å²) < 4.78 is 0. The Balaban J connectivity index is 2.41. The largest absolute Gasteiger partial charge is 0.327 e. The molecule has 16 heavy (non-hydrogen) atoms. The van der Waals surface area contributed by atoms with Crippen LogP contribution in [0.15, 0.2) is 0 Å². The van der Waals surface area contributed by atoms with E-state index in [-0.39, 0.29) is 5.41 Å². The van der Waals surface area contributed by atoms with E-state index in [1.165, 1.54) is 25.8 Å². The molecular formula is C14H30N2. The Morgan fingerprint density at radius 1 is 1.19 bits per heavy atom. The lowest BCUT2D eigenvalue weighted by atomic mass is 9.85. The van der Waals surface area contributed by atoms with Gasteiger partial charge in [-0.1, -0.05) is 27.2 Å². The van der Waals surface area contributed by atoms with Crippen LogP contribution >= 0.6 is 0 Å². The topological polar surface area (TPSA) is 29.3 Å². The van der Waals surface area contributed by atoms with Crippen molar-refractivity contribution in [1.29, 1.82) is 0 Å². The number of likely N-dealkylation sites (tertiary alicyclic amines) is 1. The van der Waals surface area contributed by atoms with Crippen molar-refractivity contribution in [3.63, 3.8) is 0 Å². The maximum atomic E-state index is 6.23. The van der Waals surface area contributed by atoms with E-state index in [2.05, 4.69) is 39.5 Å². The molecule has 2 heteroatoms. The lowest BCUT2D eigenvalue weighted by Gasteiger charge is -2.40. The Kier molecular flexibility index (Phi) is 4.81. The third kappa shape index (κ3) is 3.74. The quantitative estimate of drug-likeness (QED) is 0.801. The highest BCUT2D eigenvalue weighted by molar-refractivity contribution is 4.83. The fourth-order valence-electron chi connectivity index (χ4n) is 2.64. The van der Waals surface area contributed by atoms with Crippen LogP contribution in [-0.2, 0) is 0 Å². The zero-order valence-electron chi connectivity index (χ0n) is 11.8. The van der Waals surface area contributed by atoms with Crippen molar-refractivity contribution < 1.29 is 0 Å². The fraction of sp³-hybridized carbons (Fsp3) is 1.00. The molecule has 1 aliphatic rings. The van der Waals surface area contributed by atoms with E-state index < -0.39 is 0 Å². The van der Waals surface area contributed by atoms with Gasteiger partial charge >= 0.3 is 0 Å². The summed E-state index contributed by atoms with van der Waals surface area (Å²) in [7, 11) is 0. The summed E-state index contributed by atoms with van der Waals surface area (Å²) in [6.07, 6.45) is 5.23. The van der Waals surface area contributed by atoms with Crippen molar-refractivity contribution in [3.8, 4) is 0 Å². The molecule has 2 N–H and O–H groups in total. The average Bonchev–Trinajstić information content (AvgIpc) is 2.15. The van der Waals surface area contributed by atoms with Crippen LogP contribution in [0.1, 0.15) is 60.3 Å². The molecule has 1 rings (SSSR count). The van der Waals surface area contributed by atoms with Gasteiger partial charge in [0.15, 0.2) is 0 Å². The molecule has 0 amide bonds. The van der Waals surface area contributed by atoms with Gasteiger partial charge in [0.1, 0.15) is 0 Å². The van der Waals surface area contributed by atoms with Crippen LogP contribution in [0.3, 0.4) is 0 Å². The average molecular weight is 226 g/mol. The summed E-state index contributed by atoms with van der Waals surface area (Å²) >= 11 is 0. The molecule has 0 saturated carbocycles. The molecule has 96 valence electrons.